The van der Waals surface area contributed by atoms with Gasteiger partial charge in [0.25, 0.3) is 0 Å². The van der Waals surface area contributed by atoms with Gasteiger partial charge in [-0.25, -0.2) is 4.57 Å². The fraction of sp³-hybridized carbons (Fsp3) is 0.139. The largest absolute Gasteiger partial charge is 0.454 e. The van der Waals surface area contributed by atoms with Crippen LogP contribution >= 0.6 is 0 Å². The van der Waals surface area contributed by atoms with Crippen molar-refractivity contribution < 1.29 is 8.98 Å². The molecule has 7 rings (SSSR count). The van der Waals surface area contributed by atoms with Crippen molar-refractivity contribution >= 4 is 43.5 Å². The molecule has 0 saturated heterocycles. The molecule has 5 aromatic carbocycles. The van der Waals surface area contributed by atoms with Gasteiger partial charge in [-0.15, -0.1) is 0 Å². The Kier molecular flexibility index (Phi) is 5.13. The maximum Gasteiger partial charge on any atom is 0.216 e. The molecule has 7 aromatic rings. The Hall–Kier alpha value is -4.43. The summed E-state index contributed by atoms with van der Waals surface area (Å²) in [5.41, 5.74) is 9.08. The lowest BCUT2D eigenvalue weighted by Crippen LogP contribution is -2.31. The van der Waals surface area contributed by atoms with Crippen LogP contribution in [-0.2, 0) is 7.05 Å². The Labute approximate surface area is 222 Å². The molecule has 0 unspecified atom stereocenters. The lowest BCUT2D eigenvalue weighted by Gasteiger charge is -2.11. The van der Waals surface area contributed by atoms with Crippen molar-refractivity contribution in [3.05, 3.63) is 114 Å². The van der Waals surface area contributed by atoms with E-state index in [1.165, 1.54) is 38.2 Å². The molecule has 0 N–H and O–H groups in total. The summed E-state index contributed by atoms with van der Waals surface area (Å²) >= 11 is 0. The third-order valence-electron chi connectivity index (χ3n) is 8.01. The molecule has 0 radical (unpaired) electrons. The zero-order valence-corrected chi connectivity index (χ0v) is 22.2. The molecule has 0 amide bonds. The van der Waals surface area contributed by atoms with E-state index >= 15 is 0 Å². The number of pyridine rings is 1. The molecule has 0 aliphatic heterocycles. The number of furan rings is 1. The summed E-state index contributed by atoms with van der Waals surface area (Å²) in [7, 11) is 2.13. The van der Waals surface area contributed by atoms with Gasteiger partial charge in [-0.05, 0) is 57.6 Å². The molecule has 2 heterocycles. The summed E-state index contributed by atoms with van der Waals surface area (Å²) in [5, 5.41) is 7.33. The lowest BCUT2D eigenvalue weighted by molar-refractivity contribution is -0.660. The minimum atomic E-state index is 0.484. The average molecular weight is 493 g/mol. The second kappa shape index (κ2) is 8.56. The SMILES string of the molecule is Cc1ccc2c(oc3c(-c4cc5ccccc5c5ccccc45)cccc32)c1-c1ccc(C(C)C)c[n+]1C. The van der Waals surface area contributed by atoms with Gasteiger partial charge in [0.2, 0.25) is 5.69 Å². The van der Waals surface area contributed by atoms with Crippen molar-refractivity contribution in [1.82, 2.24) is 0 Å². The fourth-order valence-corrected chi connectivity index (χ4v) is 6.00. The van der Waals surface area contributed by atoms with Crippen molar-refractivity contribution in [2.24, 2.45) is 7.05 Å². The standard InChI is InChI=1S/C36H30NO/c1-22(2)25-17-19-33(37(4)21-25)34-23(3)16-18-31-29-14-9-15-30(35(29)38-36(31)34)32-20-24-10-5-6-11-26(24)27-12-7-8-13-28(27)32/h5-22H,1-4H3/q+1. The Bertz CT molecular complexity index is 2030. The van der Waals surface area contributed by atoms with E-state index in [2.05, 4.69) is 136 Å². The minimum absolute atomic E-state index is 0.484. The first-order valence-corrected chi connectivity index (χ1v) is 13.4. The van der Waals surface area contributed by atoms with Gasteiger partial charge in [-0.2, -0.15) is 0 Å². The van der Waals surface area contributed by atoms with Gasteiger partial charge >= 0.3 is 0 Å². The summed E-state index contributed by atoms with van der Waals surface area (Å²) in [6.45, 7) is 6.65. The van der Waals surface area contributed by atoms with E-state index in [0.29, 0.717) is 5.92 Å². The molecule has 0 aliphatic carbocycles. The molecule has 0 atom stereocenters. The number of fused-ring (bicyclic) bond motifs is 6. The van der Waals surface area contributed by atoms with E-state index in [0.717, 1.165) is 38.8 Å². The number of rotatable bonds is 3. The molecular weight excluding hydrogens is 462 g/mol. The Morgan fingerprint density at radius 2 is 1.34 bits per heavy atom. The number of nitrogens with zero attached hydrogens (tertiary/aromatic N) is 1. The highest BCUT2D eigenvalue weighted by atomic mass is 16.3. The van der Waals surface area contributed by atoms with Crippen LogP contribution in [0, 0.1) is 6.92 Å². The minimum Gasteiger partial charge on any atom is -0.454 e. The molecule has 38 heavy (non-hydrogen) atoms. The van der Waals surface area contributed by atoms with Crippen LogP contribution in [0.3, 0.4) is 0 Å². The van der Waals surface area contributed by atoms with Gasteiger partial charge in [-0.3, -0.25) is 0 Å². The van der Waals surface area contributed by atoms with E-state index in [-0.39, 0.29) is 0 Å². The normalized spacial score (nSPS) is 11.9. The lowest BCUT2D eigenvalue weighted by atomic mass is 9.92. The zero-order chi connectivity index (χ0) is 26.0. The molecule has 0 fully saturated rings. The first kappa shape index (κ1) is 22.7. The van der Waals surface area contributed by atoms with Crippen LogP contribution < -0.4 is 4.57 Å². The number of benzene rings is 5. The van der Waals surface area contributed by atoms with Gasteiger partial charge in [0.1, 0.15) is 18.2 Å². The Balaban J connectivity index is 1.54. The van der Waals surface area contributed by atoms with Crippen molar-refractivity contribution in [3.8, 4) is 22.4 Å². The van der Waals surface area contributed by atoms with Crippen LogP contribution in [-0.4, -0.2) is 0 Å². The fourth-order valence-electron chi connectivity index (χ4n) is 6.00. The van der Waals surface area contributed by atoms with Crippen molar-refractivity contribution in [1.29, 1.82) is 0 Å². The van der Waals surface area contributed by atoms with Crippen LogP contribution in [0.2, 0.25) is 0 Å². The monoisotopic (exact) mass is 492 g/mol. The van der Waals surface area contributed by atoms with Crippen LogP contribution in [0.25, 0.3) is 65.9 Å². The molecule has 0 spiro atoms. The highest BCUT2D eigenvalue weighted by molar-refractivity contribution is 6.18. The number of hydrogen-bond donors (Lipinski definition) is 0. The second-order valence-electron chi connectivity index (χ2n) is 10.7. The topological polar surface area (TPSA) is 17.0 Å². The molecule has 0 saturated carbocycles. The van der Waals surface area contributed by atoms with Crippen LogP contribution in [0.5, 0.6) is 0 Å². The van der Waals surface area contributed by atoms with E-state index in [9.17, 15) is 0 Å². The highest BCUT2D eigenvalue weighted by Crippen LogP contribution is 2.43. The number of para-hydroxylation sites is 1. The van der Waals surface area contributed by atoms with Crippen molar-refractivity contribution in [2.45, 2.75) is 26.7 Å². The van der Waals surface area contributed by atoms with Crippen LogP contribution in [0.4, 0.5) is 0 Å². The number of aromatic nitrogens is 1. The highest BCUT2D eigenvalue weighted by Gasteiger charge is 2.23. The summed E-state index contributed by atoms with van der Waals surface area (Å²) in [4.78, 5) is 0. The van der Waals surface area contributed by atoms with Gasteiger partial charge < -0.3 is 4.42 Å². The summed E-state index contributed by atoms with van der Waals surface area (Å²) in [5.74, 6) is 0.484. The predicted molar refractivity (Wildman–Crippen MR) is 160 cm³/mol. The average Bonchev–Trinajstić information content (AvgIpc) is 3.32. The third-order valence-corrected chi connectivity index (χ3v) is 8.01. The first-order chi connectivity index (χ1) is 18.5. The molecule has 2 heteroatoms. The molecule has 184 valence electrons. The van der Waals surface area contributed by atoms with E-state index < -0.39 is 0 Å². The smallest absolute Gasteiger partial charge is 0.216 e. The van der Waals surface area contributed by atoms with Gasteiger partial charge in [-0.1, -0.05) is 92.7 Å². The molecular formula is C36H30NO+. The quantitative estimate of drug-likeness (QED) is 0.177. The molecule has 0 bridgehead atoms. The summed E-state index contributed by atoms with van der Waals surface area (Å²) in [6, 6.07) is 35.1. The summed E-state index contributed by atoms with van der Waals surface area (Å²) < 4.78 is 9.12. The molecule has 2 aromatic heterocycles. The van der Waals surface area contributed by atoms with E-state index in [1.807, 2.05) is 0 Å². The maximum absolute atomic E-state index is 6.88. The van der Waals surface area contributed by atoms with Gasteiger partial charge in [0.05, 0.1) is 5.56 Å². The molecule has 0 aliphatic rings. The van der Waals surface area contributed by atoms with Crippen LogP contribution in [0.1, 0.15) is 30.9 Å². The second-order valence-corrected chi connectivity index (χ2v) is 10.7. The van der Waals surface area contributed by atoms with Crippen molar-refractivity contribution in [2.75, 3.05) is 0 Å². The van der Waals surface area contributed by atoms with E-state index in [1.54, 1.807) is 0 Å². The van der Waals surface area contributed by atoms with Crippen molar-refractivity contribution in [3.63, 3.8) is 0 Å². The van der Waals surface area contributed by atoms with E-state index in [4.69, 9.17) is 4.42 Å². The first-order valence-electron chi connectivity index (χ1n) is 13.4. The van der Waals surface area contributed by atoms with Gasteiger partial charge in [0.15, 0.2) is 6.20 Å². The van der Waals surface area contributed by atoms with Gasteiger partial charge in [0, 0.05) is 28.0 Å². The van der Waals surface area contributed by atoms with Crippen LogP contribution in [0.15, 0.2) is 108 Å². The third kappa shape index (κ3) is 3.37. The Morgan fingerprint density at radius 1 is 0.632 bits per heavy atom. The predicted octanol–water partition coefficient (Wildman–Crippen LogP) is 9.48. The number of hydrogen-bond acceptors (Lipinski definition) is 1. The number of aryl methyl sites for hydroxylation is 2. The Morgan fingerprint density at radius 3 is 2.13 bits per heavy atom. The zero-order valence-electron chi connectivity index (χ0n) is 22.2. The maximum atomic E-state index is 6.88. The summed E-state index contributed by atoms with van der Waals surface area (Å²) in [6.07, 6.45) is 2.24. The molecule has 2 nitrogen and oxygen atoms in total.